The summed E-state index contributed by atoms with van der Waals surface area (Å²) in [7, 11) is -3.41. The first-order valence-corrected chi connectivity index (χ1v) is 10.4. The van der Waals surface area contributed by atoms with Crippen LogP contribution in [-0.2, 0) is 20.4 Å². The summed E-state index contributed by atoms with van der Waals surface area (Å²) in [6.07, 6.45) is -0.0317. The van der Waals surface area contributed by atoms with Crippen molar-refractivity contribution in [1.82, 2.24) is 0 Å². The second kappa shape index (κ2) is 7.84. The van der Waals surface area contributed by atoms with Gasteiger partial charge in [0.1, 0.15) is 0 Å². The molecule has 1 aliphatic heterocycles. The summed E-state index contributed by atoms with van der Waals surface area (Å²) in [6, 6.07) is 18.8. The van der Waals surface area contributed by atoms with E-state index in [1.165, 1.54) is 0 Å². The van der Waals surface area contributed by atoms with Crippen molar-refractivity contribution < 1.29 is 18.9 Å². The van der Waals surface area contributed by atoms with Gasteiger partial charge in [-0.25, -0.2) is 0 Å². The first kappa shape index (κ1) is 18.3. The molecule has 0 bridgehead atoms. The number of benzene rings is 2. The monoisotopic (exact) mass is 360 g/mol. The second-order valence-electron chi connectivity index (χ2n) is 6.52. The van der Waals surface area contributed by atoms with Crippen molar-refractivity contribution in [2.24, 2.45) is 5.92 Å². The van der Waals surface area contributed by atoms with E-state index < -0.39 is 19.3 Å². The van der Waals surface area contributed by atoms with Crippen LogP contribution in [0.2, 0.25) is 0 Å². The zero-order chi connectivity index (χ0) is 17.9. The Morgan fingerprint density at radius 3 is 2.28 bits per heavy atom. The molecule has 0 aromatic heterocycles. The Morgan fingerprint density at radius 1 is 1.08 bits per heavy atom. The minimum absolute atomic E-state index is 0.0468. The predicted octanol–water partition coefficient (Wildman–Crippen LogP) is 3.94. The number of aliphatic hydroxyl groups excluding tert-OH is 1. The van der Waals surface area contributed by atoms with E-state index in [-0.39, 0.29) is 12.0 Å². The van der Waals surface area contributed by atoms with Gasteiger partial charge in [0.05, 0.1) is 18.8 Å². The van der Waals surface area contributed by atoms with Crippen LogP contribution in [0.25, 0.3) is 0 Å². The molecule has 5 heteroatoms. The molecule has 1 N–H and O–H groups in total. The predicted molar refractivity (Wildman–Crippen MR) is 99.0 cm³/mol. The molecule has 2 aromatic rings. The lowest BCUT2D eigenvalue weighted by atomic mass is 9.96. The molecule has 3 rings (SSSR count). The Hall–Kier alpha value is -1.45. The molecule has 0 aliphatic carbocycles. The summed E-state index contributed by atoms with van der Waals surface area (Å²) in [5.74, 6) is -1.22. The van der Waals surface area contributed by atoms with Gasteiger partial charge >= 0.3 is 0 Å². The van der Waals surface area contributed by atoms with Crippen LogP contribution in [0.3, 0.4) is 0 Å². The topological polar surface area (TPSA) is 55.8 Å². The highest BCUT2D eigenvalue weighted by Crippen LogP contribution is 2.58. The molecule has 1 fully saturated rings. The van der Waals surface area contributed by atoms with E-state index in [9.17, 15) is 9.67 Å². The van der Waals surface area contributed by atoms with E-state index in [1.54, 1.807) is 12.1 Å². The normalized spacial score (nSPS) is 32.4. The fourth-order valence-electron chi connectivity index (χ4n) is 3.34. The van der Waals surface area contributed by atoms with Gasteiger partial charge in [0.2, 0.25) is 0 Å². The first-order chi connectivity index (χ1) is 12.1. The lowest BCUT2D eigenvalue weighted by Gasteiger charge is -2.43. The van der Waals surface area contributed by atoms with Gasteiger partial charge in [-0.3, -0.25) is 4.57 Å². The van der Waals surface area contributed by atoms with Crippen molar-refractivity contribution in [3.63, 3.8) is 0 Å². The fourth-order valence-corrected chi connectivity index (χ4v) is 5.96. The third-order valence-electron chi connectivity index (χ3n) is 4.84. The largest absolute Gasteiger partial charge is 0.380 e. The van der Waals surface area contributed by atoms with Gasteiger partial charge in [-0.05, 0) is 24.1 Å². The van der Waals surface area contributed by atoms with Gasteiger partial charge in [0.15, 0.2) is 5.85 Å². The first-order valence-electron chi connectivity index (χ1n) is 8.73. The zero-order valence-electron chi connectivity index (χ0n) is 14.6. The molecule has 0 radical (unpaired) electrons. The fraction of sp³-hybridized carbons (Fsp3) is 0.400. The van der Waals surface area contributed by atoms with Gasteiger partial charge in [0.25, 0.3) is 7.37 Å². The average molecular weight is 360 g/mol. The summed E-state index contributed by atoms with van der Waals surface area (Å²) in [6.45, 7) is 4.36. The maximum Gasteiger partial charge on any atom is 0.262 e. The van der Waals surface area contributed by atoms with Crippen LogP contribution in [0.1, 0.15) is 25.8 Å². The third kappa shape index (κ3) is 3.73. The number of hydrogen-bond donors (Lipinski definition) is 1. The Bertz CT molecular complexity index is 719. The summed E-state index contributed by atoms with van der Waals surface area (Å²) in [5, 5.41) is 11.4. The second-order valence-corrected chi connectivity index (χ2v) is 8.97. The SMILES string of the molecule is CC[C@H]1OP(=O)(c2ccccc2)C(O)C(OCc2ccccc2)[C@H]1C. The van der Waals surface area contributed by atoms with Crippen LogP contribution in [-0.4, -0.2) is 23.2 Å². The zero-order valence-corrected chi connectivity index (χ0v) is 15.5. The van der Waals surface area contributed by atoms with Crippen LogP contribution in [0.15, 0.2) is 60.7 Å². The van der Waals surface area contributed by atoms with E-state index >= 15 is 0 Å². The minimum Gasteiger partial charge on any atom is -0.380 e. The van der Waals surface area contributed by atoms with E-state index in [4.69, 9.17) is 9.26 Å². The molecule has 0 saturated carbocycles. The Kier molecular flexibility index (Phi) is 5.75. The molecule has 0 spiro atoms. The minimum atomic E-state index is -3.41. The van der Waals surface area contributed by atoms with Gasteiger partial charge in [-0.2, -0.15) is 0 Å². The molecule has 3 unspecified atom stereocenters. The molecule has 1 aliphatic rings. The Balaban J connectivity index is 1.86. The molecule has 2 aromatic carbocycles. The third-order valence-corrected chi connectivity index (χ3v) is 7.43. The Morgan fingerprint density at radius 2 is 1.68 bits per heavy atom. The van der Waals surface area contributed by atoms with Crippen molar-refractivity contribution >= 4 is 12.7 Å². The van der Waals surface area contributed by atoms with E-state index in [1.807, 2.05) is 62.4 Å². The molecular weight excluding hydrogens is 335 g/mol. The van der Waals surface area contributed by atoms with Crippen LogP contribution < -0.4 is 5.30 Å². The highest BCUT2D eigenvalue weighted by Gasteiger charge is 2.51. The van der Waals surface area contributed by atoms with Crippen molar-refractivity contribution in [2.45, 2.75) is 44.9 Å². The summed E-state index contributed by atoms with van der Waals surface area (Å²) in [4.78, 5) is 0. The molecule has 25 heavy (non-hydrogen) atoms. The highest BCUT2D eigenvalue weighted by atomic mass is 31.2. The number of ether oxygens (including phenoxy) is 1. The van der Waals surface area contributed by atoms with E-state index in [0.29, 0.717) is 11.9 Å². The molecule has 1 heterocycles. The summed E-state index contributed by atoms with van der Waals surface area (Å²) < 4.78 is 25.5. The average Bonchev–Trinajstić information content (AvgIpc) is 2.66. The maximum absolute atomic E-state index is 13.6. The van der Waals surface area contributed by atoms with Crippen molar-refractivity contribution in [3.8, 4) is 0 Å². The number of rotatable bonds is 5. The molecule has 1 saturated heterocycles. The lowest BCUT2D eigenvalue weighted by molar-refractivity contribution is -0.0937. The molecular formula is C20H25O4P. The molecule has 5 atom stereocenters. The maximum atomic E-state index is 13.6. The number of aliphatic hydroxyl groups is 1. The standard InChI is InChI=1S/C20H25O4P/c1-3-18-15(2)19(23-14-16-10-6-4-7-11-16)20(21)25(22,24-18)17-12-8-5-9-13-17/h4-13,15,18-21H,3,14H2,1-2H3/t15-,18+,19?,20?,25?/m0/s1. The van der Waals surface area contributed by atoms with Gasteiger partial charge < -0.3 is 14.4 Å². The molecule has 134 valence electrons. The van der Waals surface area contributed by atoms with Crippen LogP contribution >= 0.6 is 7.37 Å². The lowest BCUT2D eigenvalue weighted by Crippen LogP contribution is -2.48. The van der Waals surface area contributed by atoms with E-state index in [2.05, 4.69) is 0 Å². The van der Waals surface area contributed by atoms with Crippen molar-refractivity contribution in [1.29, 1.82) is 0 Å². The Labute approximate surface area is 149 Å². The number of hydrogen-bond acceptors (Lipinski definition) is 4. The summed E-state index contributed by atoms with van der Waals surface area (Å²) >= 11 is 0. The van der Waals surface area contributed by atoms with Crippen molar-refractivity contribution in [3.05, 3.63) is 66.2 Å². The smallest absolute Gasteiger partial charge is 0.262 e. The molecule has 4 nitrogen and oxygen atoms in total. The van der Waals surface area contributed by atoms with Crippen LogP contribution in [0.4, 0.5) is 0 Å². The van der Waals surface area contributed by atoms with Crippen LogP contribution in [0, 0.1) is 5.92 Å². The van der Waals surface area contributed by atoms with Crippen LogP contribution in [0.5, 0.6) is 0 Å². The van der Waals surface area contributed by atoms with Gasteiger partial charge in [-0.1, -0.05) is 62.4 Å². The van der Waals surface area contributed by atoms with Crippen molar-refractivity contribution in [2.75, 3.05) is 0 Å². The summed E-state index contributed by atoms with van der Waals surface area (Å²) in [5.41, 5.74) is 1.02. The highest BCUT2D eigenvalue weighted by molar-refractivity contribution is 7.67. The van der Waals surface area contributed by atoms with E-state index in [0.717, 1.165) is 12.0 Å². The molecule has 0 amide bonds. The van der Waals surface area contributed by atoms with Gasteiger partial charge in [0, 0.05) is 11.2 Å². The quantitative estimate of drug-likeness (QED) is 0.821. The van der Waals surface area contributed by atoms with Gasteiger partial charge in [-0.15, -0.1) is 0 Å².